The minimum Gasteiger partial charge on any atom is -0.490 e. The highest BCUT2D eigenvalue weighted by molar-refractivity contribution is 5.67. The van der Waals surface area contributed by atoms with Gasteiger partial charge in [-0.25, -0.2) is 4.79 Å². The number of carbonyl (C=O) groups excluding carboxylic acids is 1. The number of hydrogen-bond donors (Lipinski definition) is 2. The van der Waals surface area contributed by atoms with Crippen molar-refractivity contribution < 1.29 is 24.3 Å². The molecule has 2 N–H and O–H groups in total. The molecule has 1 atom stereocenters. The number of nitrogens with zero attached hydrogens (tertiary/aromatic N) is 1. The van der Waals surface area contributed by atoms with Gasteiger partial charge in [0.1, 0.15) is 25.0 Å². The first-order valence-corrected chi connectivity index (χ1v) is 8.63. The molecule has 0 unspecified atom stereocenters. The monoisotopic (exact) mass is 337 g/mol. The molecule has 6 nitrogen and oxygen atoms in total. The Labute approximate surface area is 144 Å². The second kappa shape index (κ2) is 8.89. The number of rotatable bonds is 6. The summed E-state index contributed by atoms with van der Waals surface area (Å²) in [6, 6.07) is 6.02. The normalized spacial score (nSPS) is 16.8. The van der Waals surface area contributed by atoms with Gasteiger partial charge in [-0.05, 0) is 31.9 Å². The maximum atomic E-state index is 11.7. The lowest BCUT2D eigenvalue weighted by atomic mass is 10.1. The summed E-state index contributed by atoms with van der Waals surface area (Å²) >= 11 is 0. The van der Waals surface area contributed by atoms with Gasteiger partial charge in [0.15, 0.2) is 0 Å². The van der Waals surface area contributed by atoms with E-state index in [0.29, 0.717) is 26.2 Å². The summed E-state index contributed by atoms with van der Waals surface area (Å²) in [6.07, 6.45) is -0.761. The van der Waals surface area contributed by atoms with E-state index >= 15 is 0 Å². The Morgan fingerprint density at radius 2 is 1.92 bits per heavy atom. The molecule has 1 aliphatic heterocycles. The highest BCUT2D eigenvalue weighted by atomic mass is 16.6. The van der Waals surface area contributed by atoms with Crippen LogP contribution in [0, 0.1) is 13.8 Å². The average molecular weight is 337 g/mol. The van der Waals surface area contributed by atoms with Crippen LogP contribution in [0.25, 0.3) is 0 Å². The second-order valence-corrected chi connectivity index (χ2v) is 6.33. The number of hydrogen-bond acceptors (Lipinski definition) is 4. The fourth-order valence-electron chi connectivity index (χ4n) is 3.02. The van der Waals surface area contributed by atoms with Crippen LogP contribution in [0.1, 0.15) is 18.1 Å². The van der Waals surface area contributed by atoms with Crippen LogP contribution in [0.5, 0.6) is 5.75 Å². The Hall–Kier alpha value is -1.79. The number of aliphatic hydroxyl groups excluding tert-OH is 1. The van der Waals surface area contributed by atoms with Gasteiger partial charge in [0.2, 0.25) is 0 Å². The number of aliphatic hydroxyl groups is 1. The number of piperazine rings is 1. The van der Waals surface area contributed by atoms with Crippen molar-refractivity contribution in [3.63, 3.8) is 0 Å². The summed E-state index contributed by atoms with van der Waals surface area (Å²) in [6.45, 7) is 10.1. The highest BCUT2D eigenvalue weighted by Gasteiger charge is 2.26. The smallest absolute Gasteiger partial charge is 0.410 e. The quantitative estimate of drug-likeness (QED) is 0.789. The lowest BCUT2D eigenvalue weighted by molar-refractivity contribution is -0.907. The summed E-state index contributed by atoms with van der Waals surface area (Å²) in [5, 5.41) is 10.3. The Morgan fingerprint density at radius 1 is 1.29 bits per heavy atom. The molecule has 1 aromatic rings. The van der Waals surface area contributed by atoms with Gasteiger partial charge in [-0.15, -0.1) is 0 Å². The average Bonchev–Trinajstić information content (AvgIpc) is 2.55. The number of nitrogens with one attached hydrogen (secondary N) is 1. The standard InChI is InChI=1S/C18H28N2O4/c1-4-23-18(22)20-10-8-19(9-11-20)12-16(21)13-24-17-14(2)6-5-7-15(17)3/h5-7,16,21H,4,8-13H2,1-3H3/p+1/t16-/m0/s1. The SMILES string of the molecule is CCOC(=O)N1CC[NH+](C[C@H](O)COc2c(C)cccc2C)CC1. The zero-order chi connectivity index (χ0) is 17.5. The van der Waals surface area contributed by atoms with E-state index in [1.165, 1.54) is 4.90 Å². The Morgan fingerprint density at radius 3 is 2.50 bits per heavy atom. The molecule has 6 heteroatoms. The number of quaternary nitrogens is 1. The predicted octanol–water partition coefficient (Wildman–Crippen LogP) is 0.400. The molecule has 1 aromatic carbocycles. The third kappa shape index (κ3) is 5.11. The Kier molecular flexibility index (Phi) is 6.87. The molecule has 0 spiro atoms. The van der Waals surface area contributed by atoms with Crippen molar-refractivity contribution in [2.24, 2.45) is 0 Å². The first-order valence-electron chi connectivity index (χ1n) is 8.63. The minimum atomic E-state index is -0.520. The van der Waals surface area contributed by atoms with E-state index < -0.39 is 6.10 Å². The van der Waals surface area contributed by atoms with Gasteiger partial charge < -0.3 is 19.5 Å². The number of ether oxygens (including phenoxy) is 2. The molecular weight excluding hydrogens is 308 g/mol. The van der Waals surface area contributed by atoms with Gasteiger partial charge in [0.25, 0.3) is 0 Å². The molecule has 134 valence electrons. The fraction of sp³-hybridized carbons (Fsp3) is 0.611. The van der Waals surface area contributed by atoms with Crippen molar-refractivity contribution in [3.8, 4) is 5.75 Å². The highest BCUT2D eigenvalue weighted by Crippen LogP contribution is 2.22. The number of carbonyl (C=O) groups is 1. The van der Waals surface area contributed by atoms with Crippen molar-refractivity contribution in [2.45, 2.75) is 26.9 Å². The summed E-state index contributed by atoms with van der Waals surface area (Å²) in [5.41, 5.74) is 2.16. The van der Waals surface area contributed by atoms with E-state index in [9.17, 15) is 9.90 Å². The zero-order valence-electron chi connectivity index (χ0n) is 14.9. The molecule has 0 radical (unpaired) electrons. The summed E-state index contributed by atoms with van der Waals surface area (Å²) in [7, 11) is 0. The third-order valence-corrected chi connectivity index (χ3v) is 4.35. The van der Waals surface area contributed by atoms with Crippen LogP contribution in [0.4, 0.5) is 4.79 Å². The molecule has 0 saturated carbocycles. The topological polar surface area (TPSA) is 63.4 Å². The molecule has 1 heterocycles. The van der Waals surface area contributed by atoms with Gasteiger partial charge in [0, 0.05) is 0 Å². The van der Waals surface area contributed by atoms with E-state index in [-0.39, 0.29) is 12.7 Å². The molecule has 1 fully saturated rings. The van der Waals surface area contributed by atoms with Crippen molar-refractivity contribution in [1.29, 1.82) is 0 Å². The first kappa shape index (κ1) is 18.5. The van der Waals surface area contributed by atoms with Crippen LogP contribution in [-0.2, 0) is 4.74 Å². The number of amides is 1. The van der Waals surface area contributed by atoms with E-state index in [4.69, 9.17) is 9.47 Å². The van der Waals surface area contributed by atoms with Crippen LogP contribution in [0.2, 0.25) is 0 Å². The van der Waals surface area contributed by atoms with E-state index in [1.807, 2.05) is 39.0 Å². The largest absolute Gasteiger partial charge is 0.490 e. The minimum absolute atomic E-state index is 0.240. The molecule has 1 saturated heterocycles. The van der Waals surface area contributed by atoms with Crippen LogP contribution in [-0.4, -0.2) is 68.1 Å². The maximum Gasteiger partial charge on any atom is 0.410 e. The molecule has 0 bridgehead atoms. The number of benzene rings is 1. The van der Waals surface area contributed by atoms with Crippen LogP contribution >= 0.6 is 0 Å². The maximum absolute atomic E-state index is 11.7. The number of para-hydroxylation sites is 1. The lowest BCUT2D eigenvalue weighted by Gasteiger charge is -2.32. The van der Waals surface area contributed by atoms with Crippen molar-refractivity contribution >= 4 is 6.09 Å². The summed E-state index contributed by atoms with van der Waals surface area (Å²) in [4.78, 5) is 14.7. The second-order valence-electron chi connectivity index (χ2n) is 6.33. The molecule has 0 aliphatic carbocycles. The summed E-state index contributed by atoms with van der Waals surface area (Å²) in [5.74, 6) is 0.860. The lowest BCUT2D eigenvalue weighted by Crippen LogP contribution is -3.16. The van der Waals surface area contributed by atoms with Gasteiger partial charge in [0.05, 0.1) is 32.8 Å². The van der Waals surface area contributed by atoms with Gasteiger partial charge in [-0.3, -0.25) is 4.90 Å². The molecule has 1 amide bonds. The molecule has 2 rings (SSSR count). The summed E-state index contributed by atoms with van der Waals surface area (Å²) < 4.78 is 10.8. The number of aryl methyl sites for hydroxylation is 2. The van der Waals surface area contributed by atoms with Crippen molar-refractivity contribution in [3.05, 3.63) is 29.3 Å². The molecule has 0 aromatic heterocycles. The van der Waals surface area contributed by atoms with Gasteiger partial charge in [-0.2, -0.15) is 0 Å². The molecular formula is C18H29N2O4+. The first-order chi connectivity index (χ1) is 11.5. The van der Waals surface area contributed by atoms with E-state index in [0.717, 1.165) is 30.0 Å². The van der Waals surface area contributed by atoms with Crippen molar-refractivity contribution in [1.82, 2.24) is 4.90 Å². The zero-order valence-corrected chi connectivity index (χ0v) is 14.9. The molecule has 1 aliphatic rings. The van der Waals surface area contributed by atoms with E-state index in [2.05, 4.69) is 0 Å². The Bertz CT molecular complexity index is 522. The van der Waals surface area contributed by atoms with Crippen LogP contribution < -0.4 is 9.64 Å². The van der Waals surface area contributed by atoms with Crippen LogP contribution in [0.15, 0.2) is 18.2 Å². The third-order valence-electron chi connectivity index (χ3n) is 4.35. The van der Waals surface area contributed by atoms with Gasteiger partial charge in [-0.1, -0.05) is 18.2 Å². The van der Waals surface area contributed by atoms with Crippen LogP contribution in [0.3, 0.4) is 0 Å². The van der Waals surface area contributed by atoms with Crippen molar-refractivity contribution in [2.75, 3.05) is 45.9 Å². The Balaban J connectivity index is 1.74. The van der Waals surface area contributed by atoms with Gasteiger partial charge >= 0.3 is 6.09 Å². The fourth-order valence-corrected chi connectivity index (χ4v) is 3.02. The predicted molar refractivity (Wildman–Crippen MR) is 91.6 cm³/mol. The van der Waals surface area contributed by atoms with E-state index in [1.54, 1.807) is 4.90 Å². The molecule has 24 heavy (non-hydrogen) atoms.